The summed E-state index contributed by atoms with van der Waals surface area (Å²) in [6, 6.07) is 21.3. The number of amides is 2. The molecular formula is C22H18N2O2. The highest BCUT2D eigenvalue weighted by atomic mass is 16.2. The summed E-state index contributed by atoms with van der Waals surface area (Å²) in [5, 5.41) is 8.19. The van der Waals surface area contributed by atoms with Crippen molar-refractivity contribution < 1.29 is 9.59 Å². The lowest BCUT2D eigenvalue weighted by molar-refractivity contribution is -0.137. The van der Waals surface area contributed by atoms with Gasteiger partial charge in [0.05, 0.1) is 12.6 Å². The number of hydrogen-bond donors (Lipinski definition) is 0. The average Bonchev–Trinajstić information content (AvgIpc) is 3.00. The zero-order chi connectivity index (χ0) is 18.6. The van der Waals surface area contributed by atoms with Crippen LogP contribution in [0.15, 0.2) is 91.0 Å². The number of nitrogens with zero attached hydrogens (tertiary/aromatic N) is 2. The molecule has 0 aromatic heterocycles. The van der Waals surface area contributed by atoms with E-state index in [0.717, 1.165) is 11.1 Å². The van der Waals surface area contributed by atoms with Crippen molar-refractivity contribution in [2.75, 3.05) is 0 Å². The summed E-state index contributed by atoms with van der Waals surface area (Å²) in [4.78, 5) is 23.6. The predicted molar refractivity (Wildman–Crippen MR) is 101 cm³/mol. The van der Waals surface area contributed by atoms with Crippen molar-refractivity contribution in [2.24, 2.45) is 0 Å². The zero-order valence-corrected chi connectivity index (χ0v) is 14.2. The predicted octanol–water partition coefficient (Wildman–Crippen LogP) is 3.89. The molecule has 2 aromatic rings. The van der Waals surface area contributed by atoms with Gasteiger partial charge in [-0.05, 0) is 11.1 Å². The maximum atomic E-state index is 11.2. The Morgan fingerprint density at radius 2 is 1.42 bits per heavy atom. The van der Waals surface area contributed by atoms with E-state index in [2.05, 4.69) is 0 Å². The van der Waals surface area contributed by atoms with Crippen molar-refractivity contribution in [3.8, 4) is 6.07 Å². The molecule has 0 radical (unpaired) electrons. The van der Waals surface area contributed by atoms with Crippen molar-refractivity contribution in [3.63, 3.8) is 0 Å². The summed E-state index contributed by atoms with van der Waals surface area (Å²) < 4.78 is 0. The van der Waals surface area contributed by atoms with Gasteiger partial charge in [-0.15, -0.1) is 0 Å². The van der Waals surface area contributed by atoms with E-state index in [0.29, 0.717) is 6.54 Å². The maximum absolute atomic E-state index is 11.2. The third-order valence-electron chi connectivity index (χ3n) is 3.45. The van der Waals surface area contributed by atoms with Crippen LogP contribution in [0.2, 0.25) is 0 Å². The molecule has 128 valence electrons. The molecule has 1 aliphatic heterocycles. The van der Waals surface area contributed by atoms with Crippen LogP contribution in [0.25, 0.3) is 6.08 Å². The third kappa shape index (κ3) is 6.06. The van der Waals surface area contributed by atoms with E-state index in [1.54, 1.807) is 6.08 Å². The van der Waals surface area contributed by atoms with E-state index in [9.17, 15) is 9.59 Å². The fraction of sp³-hybridized carbons (Fsp3) is 0.0455. The van der Waals surface area contributed by atoms with E-state index in [1.807, 2.05) is 78.9 Å². The molecule has 1 heterocycles. The Morgan fingerprint density at radius 3 is 2.00 bits per heavy atom. The highest BCUT2D eigenvalue weighted by molar-refractivity contribution is 6.12. The van der Waals surface area contributed by atoms with Gasteiger partial charge in [0.2, 0.25) is 0 Å². The van der Waals surface area contributed by atoms with Crippen LogP contribution in [0.1, 0.15) is 11.1 Å². The summed E-state index contributed by atoms with van der Waals surface area (Å²) in [6.45, 7) is 0.353. The van der Waals surface area contributed by atoms with Crippen molar-refractivity contribution in [1.29, 1.82) is 5.26 Å². The highest BCUT2D eigenvalue weighted by Crippen LogP contribution is 2.09. The van der Waals surface area contributed by atoms with Crippen LogP contribution in [-0.4, -0.2) is 16.7 Å². The summed E-state index contributed by atoms with van der Waals surface area (Å²) in [7, 11) is 0. The van der Waals surface area contributed by atoms with Crippen LogP contribution in [0, 0.1) is 11.3 Å². The molecule has 0 atom stereocenters. The monoisotopic (exact) mass is 342 g/mol. The standard InChI is InChI=1S/C11H9NO2.C11H9N/c13-10-6-7-11(14)12(10)8-9-4-2-1-3-5-9;12-10-6-2-5-9-11-7-3-1-4-8-11/h1-7H,8H2;1-9H. The third-order valence-corrected chi connectivity index (χ3v) is 3.45. The van der Waals surface area contributed by atoms with Gasteiger partial charge in [-0.3, -0.25) is 14.5 Å². The normalized spacial score (nSPS) is 13.1. The van der Waals surface area contributed by atoms with Gasteiger partial charge in [-0.2, -0.15) is 5.26 Å². The van der Waals surface area contributed by atoms with Crippen molar-refractivity contribution in [2.45, 2.75) is 6.54 Å². The molecule has 0 spiro atoms. The topological polar surface area (TPSA) is 61.2 Å². The SMILES string of the molecule is N#CC=CC=Cc1ccccc1.O=C1C=CC(=O)N1Cc1ccccc1. The van der Waals surface area contributed by atoms with E-state index in [4.69, 9.17) is 5.26 Å². The average molecular weight is 342 g/mol. The number of benzene rings is 2. The van der Waals surface area contributed by atoms with Crippen LogP contribution in [0.3, 0.4) is 0 Å². The Kier molecular flexibility index (Phi) is 7.32. The van der Waals surface area contributed by atoms with Gasteiger partial charge in [0.1, 0.15) is 0 Å². The largest absolute Gasteiger partial charge is 0.271 e. The van der Waals surface area contributed by atoms with Gasteiger partial charge in [0.25, 0.3) is 11.8 Å². The number of imide groups is 1. The fourth-order valence-electron chi connectivity index (χ4n) is 2.18. The minimum absolute atomic E-state index is 0.237. The molecule has 4 heteroatoms. The smallest absolute Gasteiger partial charge is 0.253 e. The van der Waals surface area contributed by atoms with Crippen LogP contribution < -0.4 is 0 Å². The van der Waals surface area contributed by atoms with Crippen LogP contribution >= 0.6 is 0 Å². The first-order valence-electron chi connectivity index (χ1n) is 8.06. The van der Waals surface area contributed by atoms with E-state index >= 15 is 0 Å². The number of hydrogen-bond acceptors (Lipinski definition) is 3. The first kappa shape index (κ1) is 18.6. The lowest BCUT2D eigenvalue weighted by Crippen LogP contribution is -2.29. The Balaban J connectivity index is 0.000000190. The number of nitriles is 1. The first-order chi connectivity index (χ1) is 12.7. The second kappa shape index (κ2) is 10.2. The Morgan fingerprint density at radius 1 is 0.846 bits per heavy atom. The molecule has 2 amide bonds. The number of allylic oxidation sites excluding steroid dienone is 3. The summed E-state index contributed by atoms with van der Waals surface area (Å²) in [5.41, 5.74) is 2.10. The molecule has 1 aliphatic rings. The molecule has 0 unspecified atom stereocenters. The molecule has 0 aliphatic carbocycles. The van der Waals surface area contributed by atoms with E-state index in [1.165, 1.54) is 23.1 Å². The zero-order valence-electron chi connectivity index (χ0n) is 14.2. The van der Waals surface area contributed by atoms with E-state index < -0.39 is 0 Å². The van der Waals surface area contributed by atoms with Gasteiger partial charge >= 0.3 is 0 Å². The quantitative estimate of drug-likeness (QED) is 0.481. The molecule has 4 nitrogen and oxygen atoms in total. The van der Waals surface area contributed by atoms with Crippen molar-refractivity contribution in [3.05, 3.63) is 102 Å². The van der Waals surface area contributed by atoms with Gasteiger partial charge in [0, 0.05) is 18.2 Å². The van der Waals surface area contributed by atoms with Gasteiger partial charge in [0.15, 0.2) is 0 Å². The lowest BCUT2D eigenvalue weighted by atomic mass is 10.2. The molecule has 2 aromatic carbocycles. The first-order valence-corrected chi connectivity index (χ1v) is 8.06. The lowest BCUT2D eigenvalue weighted by Gasteiger charge is -2.13. The summed E-state index contributed by atoms with van der Waals surface area (Å²) >= 11 is 0. The minimum Gasteiger partial charge on any atom is -0.271 e. The van der Waals surface area contributed by atoms with Gasteiger partial charge in [-0.25, -0.2) is 0 Å². The fourth-order valence-corrected chi connectivity index (χ4v) is 2.18. The van der Waals surface area contributed by atoms with Crippen molar-refractivity contribution in [1.82, 2.24) is 4.90 Å². The Bertz CT molecular complexity index is 842. The summed E-state index contributed by atoms with van der Waals surface area (Å²) in [5.74, 6) is -0.474. The minimum atomic E-state index is -0.237. The number of carbonyl (C=O) groups excluding carboxylic acids is 2. The maximum Gasteiger partial charge on any atom is 0.253 e. The van der Waals surface area contributed by atoms with Crippen LogP contribution in [0.4, 0.5) is 0 Å². The second-order valence-corrected chi connectivity index (χ2v) is 5.34. The van der Waals surface area contributed by atoms with Crippen LogP contribution in [0.5, 0.6) is 0 Å². The van der Waals surface area contributed by atoms with Crippen molar-refractivity contribution >= 4 is 17.9 Å². The Hall–Kier alpha value is -3.71. The van der Waals surface area contributed by atoms with E-state index in [-0.39, 0.29) is 11.8 Å². The van der Waals surface area contributed by atoms with Crippen LogP contribution in [-0.2, 0) is 16.1 Å². The molecule has 3 rings (SSSR count). The Labute approximate surface area is 153 Å². The molecule has 0 bridgehead atoms. The number of rotatable bonds is 4. The molecule has 0 saturated carbocycles. The molecule has 0 saturated heterocycles. The summed E-state index contributed by atoms with van der Waals surface area (Å²) in [6.07, 6.45) is 9.55. The van der Waals surface area contributed by atoms with Gasteiger partial charge < -0.3 is 0 Å². The molecule has 0 fully saturated rings. The second-order valence-electron chi connectivity index (χ2n) is 5.34. The molecular weight excluding hydrogens is 324 g/mol. The number of carbonyl (C=O) groups is 2. The van der Waals surface area contributed by atoms with Gasteiger partial charge in [-0.1, -0.05) is 78.9 Å². The molecule has 26 heavy (non-hydrogen) atoms. The highest BCUT2D eigenvalue weighted by Gasteiger charge is 2.22. The molecule has 0 N–H and O–H groups in total.